The molecule has 5 nitrogen and oxygen atoms in total. The Balaban J connectivity index is 2.04. The molecular weight excluding hydrogens is 419 g/mol. The van der Waals surface area contributed by atoms with Gasteiger partial charge in [-0.2, -0.15) is 0 Å². The Labute approximate surface area is 196 Å². The lowest BCUT2D eigenvalue weighted by Gasteiger charge is -2.39. The van der Waals surface area contributed by atoms with Crippen molar-refractivity contribution in [3.63, 3.8) is 0 Å². The number of methoxy groups -OCH3 is 1. The second kappa shape index (κ2) is 10.2. The number of nitrogens with zero attached hydrogens (tertiary/aromatic N) is 1. The van der Waals surface area contributed by atoms with Crippen molar-refractivity contribution in [2.45, 2.75) is 66.3 Å². The van der Waals surface area contributed by atoms with E-state index < -0.39 is 0 Å². The van der Waals surface area contributed by atoms with Crippen LogP contribution in [0.3, 0.4) is 0 Å². The fourth-order valence-corrected chi connectivity index (χ4v) is 5.57. The van der Waals surface area contributed by atoms with Crippen LogP contribution < -0.4 is 5.73 Å². The highest BCUT2D eigenvalue weighted by atomic mass is 19.1. The highest BCUT2D eigenvalue weighted by molar-refractivity contribution is 5.97. The van der Waals surface area contributed by atoms with Crippen LogP contribution in [0.25, 0.3) is 5.57 Å². The number of halogens is 1. The van der Waals surface area contributed by atoms with Gasteiger partial charge in [0.25, 0.3) is 5.91 Å². The molecule has 1 aromatic carbocycles. The summed E-state index contributed by atoms with van der Waals surface area (Å²) in [5.41, 5.74) is 13.1. The predicted molar refractivity (Wildman–Crippen MR) is 130 cm³/mol. The van der Waals surface area contributed by atoms with Crippen LogP contribution in [0.5, 0.6) is 0 Å². The number of hydrogen-bond acceptors (Lipinski definition) is 4. The summed E-state index contributed by atoms with van der Waals surface area (Å²) in [4.78, 5) is 27.1. The maximum atomic E-state index is 14.4. The molecule has 1 aromatic rings. The number of hydrogen-bond donors (Lipinski definition) is 1. The molecule has 0 aromatic heterocycles. The van der Waals surface area contributed by atoms with Gasteiger partial charge >= 0.3 is 0 Å². The first-order chi connectivity index (χ1) is 15.7. The van der Waals surface area contributed by atoms with E-state index in [0.717, 1.165) is 47.0 Å². The number of nitrogens with two attached hydrogens (primary N) is 1. The Kier molecular flexibility index (Phi) is 7.78. The maximum Gasteiger partial charge on any atom is 0.252 e. The summed E-state index contributed by atoms with van der Waals surface area (Å²) in [6, 6.07) is 1.38. The average Bonchev–Trinajstić information content (AvgIpc) is 2.78. The molecule has 0 saturated heterocycles. The number of amides is 1. The largest absolute Gasteiger partial charge is 0.398 e. The van der Waals surface area contributed by atoms with Crippen LogP contribution >= 0.6 is 0 Å². The van der Waals surface area contributed by atoms with E-state index in [4.69, 9.17) is 10.5 Å². The first-order valence-corrected chi connectivity index (χ1v) is 11.9. The van der Waals surface area contributed by atoms with E-state index in [2.05, 4.69) is 13.8 Å². The molecule has 2 N–H and O–H groups in total. The number of allylic oxidation sites excluding steroid dienone is 1. The molecule has 3 unspecified atom stereocenters. The number of fused-ring (bicyclic) bond motifs is 1. The van der Waals surface area contributed by atoms with Crippen LogP contribution in [0, 0.1) is 24.6 Å². The Morgan fingerprint density at radius 1 is 1.39 bits per heavy atom. The van der Waals surface area contributed by atoms with Crippen LogP contribution in [0.4, 0.5) is 10.1 Å². The van der Waals surface area contributed by atoms with Crippen LogP contribution in [0.2, 0.25) is 0 Å². The third-order valence-electron chi connectivity index (χ3n) is 7.43. The molecule has 2 aliphatic rings. The topological polar surface area (TPSA) is 72.6 Å². The smallest absolute Gasteiger partial charge is 0.252 e. The minimum Gasteiger partial charge on any atom is -0.398 e. The highest BCUT2D eigenvalue weighted by Gasteiger charge is 2.35. The number of anilines is 1. The summed E-state index contributed by atoms with van der Waals surface area (Å²) in [5, 5.41) is 0. The van der Waals surface area contributed by atoms with E-state index in [9.17, 15) is 14.0 Å². The summed E-state index contributed by atoms with van der Waals surface area (Å²) < 4.78 is 19.7. The number of carbonyl (C=O) groups is 2. The van der Waals surface area contributed by atoms with Crippen molar-refractivity contribution in [3.8, 4) is 0 Å². The third kappa shape index (κ3) is 4.63. The van der Waals surface area contributed by atoms with Gasteiger partial charge in [-0.1, -0.05) is 13.8 Å². The van der Waals surface area contributed by atoms with Gasteiger partial charge in [0.15, 0.2) is 0 Å². The van der Waals surface area contributed by atoms with Crippen molar-refractivity contribution in [1.29, 1.82) is 0 Å². The third-order valence-corrected chi connectivity index (χ3v) is 7.43. The molecule has 0 saturated carbocycles. The van der Waals surface area contributed by atoms with E-state index in [1.54, 1.807) is 7.11 Å². The van der Waals surface area contributed by atoms with Crippen LogP contribution in [0.1, 0.15) is 63.6 Å². The van der Waals surface area contributed by atoms with Gasteiger partial charge in [-0.05, 0) is 86.3 Å². The number of ether oxygens (including phenoxy) is 1. The van der Waals surface area contributed by atoms with Gasteiger partial charge in [0.05, 0.1) is 6.61 Å². The SMILES string of the molecule is CCC(C=O)C1=C(COC)C(=O)N(C/C(C)=C2/c3c(N)cc(F)c(C)c3CCC2C)C(C)C1. The molecular formula is C27H37FN2O3. The molecule has 0 fully saturated rings. The Morgan fingerprint density at radius 3 is 2.70 bits per heavy atom. The van der Waals surface area contributed by atoms with Gasteiger partial charge in [0, 0.05) is 42.4 Å². The maximum absolute atomic E-state index is 14.4. The predicted octanol–water partition coefficient (Wildman–Crippen LogP) is 4.86. The van der Waals surface area contributed by atoms with E-state index in [1.807, 2.05) is 25.7 Å². The summed E-state index contributed by atoms with van der Waals surface area (Å²) in [7, 11) is 1.57. The second-order valence-corrected chi connectivity index (χ2v) is 9.63. The lowest BCUT2D eigenvalue weighted by molar-refractivity contribution is -0.130. The van der Waals surface area contributed by atoms with Gasteiger partial charge in [-0.25, -0.2) is 4.39 Å². The summed E-state index contributed by atoms with van der Waals surface area (Å²) in [6.45, 7) is 10.7. The molecule has 1 heterocycles. The molecule has 6 heteroatoms. The quantitative estimate of drug-likeness (QED) is 0.470. The normalized spacial score (nSPS) is 23.5. The van der Waals surface area contributed by atoms with Gasteiger partial charge < -0.3 is 20.2 Å². The van der Waals surface area contributed by atoms with Crippen molar-refractivity contribution >= 4 is 23.5 Å². The van der Waals surface area contributed by atoms with Crippen molar-refractivity contribution < 1.29 is 18.7 Å². The molecule has 1 amide bonds. The van der Waals surface area contributed by atoms with Gasteiger partial charge in [-0.15, -0.1) is 0 Å². The molecule has 1 aliphatic carbocycles. The molecule has 180 valence electrons. The zero-order chi connectivity index (χ0) is 24.4. The minimum atomic E-state index is -0.264. The standard InChI is InChI=1S/C27H37FN2O3/c1-7-19(13-31)21-10-17(4)30(27(32)22(21)14-33-6)12-16(3)25-15(2)8-9-20-18(5)23(28)11-24(29)26(20)25/h11,13,15,17,19H,7-10,12,14,29H2,1-6H3/b25-16+. The fourth-order valence-electron chi connectivity index (χ4n) is 5.57. The lowest BCUT2D eigenvalue weighted by Crippen LogP contribution is -2.46. The number of aldehydes is 1. The Morgan fingerprint density at radius 2 is 2.09 bits per heavy atom. The Hall–Kier alpha value is -2.47. The Bertz CT molecular complexity index is 1010. The zero-order valence-electron chi connectivity index (χ0n) is 20.8. The molecule has 3 rings (SSSR count). The molecule has 3 atom stereocenters. The average molecular weight is 457 g/mol. The molecule has 33 heavy (non-hydrogen) atoms. The highest BCUT2D eigenvalue weighted by Crippen LogP contribution is 2.43. The summed E-state index contributed by atoms with van der Waals surface area (Å²) >= 11 is 0. The molecule has 0 radical (unpaired) electrons. The minimum absolute atomic E-state index is 0.0386. The monoisotopic (exact) mass is 456 g/mol. The van der Waals surface area contributed by atoms with E-state index in [-0.39, 0.29) is 36.2 Å². The number of benzene rings is 1. The summed E-state index contributed by atoms with van der Waals surface area (Å²) in [5.74, 6) is -0.326. The van der Waals surface area contributed by atoms with Crippen molar-refractivity contribution in [3.05, 3.63) is 45.3 Å². The van der Waals surface area contributed by atoms with Gasteiger partial charge in [-0.3, -0.25) is 4.79 Å². The van der Waals surface area contributed by atoms with Crippen molar-refractivity contribution in [2.75, 3.05) is 26.0 Å². The molecule has 1 aliphatic heterocycles. The van der Waals surface area contributed by atoms with Crippen LogP contribution in [0.15, 0.2) is 22.8 Å². The van der Waals surface area contributed by atoms with E-state index in [0.29, 0.717) is 36.2 Å². The van der Waals surface area contributed by atoms with Crippen LogP contribution in [-0.4, -0.2) is 43.4 Å². The van der Waals surface area contributed by atoms with Gasteiger partial charge in [0.2, 0.25) is 0 Å². The fraction of sp³-hybridized carbons (Fsp3) is 0.556. The van der Waals surface area contributed by atoms with Crippen molar-refractivity contribution in [2.24, 2.45) is 11.8 Å². The van der Waals surface area contributed by atoms with E-state index in [1.165, 1.54) is 6.07 Å². The molecule has 0 spiro atoms. The first-order valence-electron chi connectivity index (χ1n) is 11.9. The number of nitrogen functional groups attached to an aromatic ring is 1. The summed E-state index contributed by atoms with van der Waals surface area (Å²) in [6.07, 6.45) is 3.98. The van der Waals surface area contributed by atoms with Crippen molar-refractivity contribution in [1.82, 2.24) is 4.90 Å². The van der Waals surface area contributed by atoms with Gasteiger partial charge in [0.1, 0.15) is 12.1 Å². The van der Waals surface area contributed by atoms with Crippen LogP contribution in [-0.2, 0) is 20.7 Å². The molecule has 0 bridgehead atoms. The number of rotatable bonds is 7. The number of carbonyl (C=O) groups excluding carboxylic acids is 2. The second-order valence-electron chi connectivity index (χ2n) is 9.63. The first kappa shape index (κ1) is 25.2. The van der Waals surface area contributed by atoms with E-state index >= 15 is 0 Å². The lowest BCUT2D eigenvalue weighted by atomic mass is 9.76. The zero-order valence-corrected chi connectivity index (χ0v) is 20.8.